The molecule has 0 spiro atoms. The van der Waals surface area contributed by atoms with Crippen molar-refractivity contribution in [3.8, 4) is 0 Å². The average molecular weight is 406 g/mol. The van der Waals surface area contributed by atoms with E-state index < -0.39 is 5.91 Å². The van der Waals surface area contributed by atoms with Crippen LogP contribution in [0.4, 0.5) is 0 Å². The zero-order valence-electron chi connectivity index (χ0n) is 18.2. The third-order valence-corrected chi connectivity index (χ3v) is 5.50. The van der Waals surface area contributed by atoms with E-state index in [2.05, 4.69) is 74.0 Å². The van der Waals surface area contributed by atoms with E-state index in [1.165, 1.54) is 33.8 Å². The molecule has 0 atom stereocenters. The summed E-state index contributed by atoms with van der Waals surface area (Å²) in [4.78, 5) is 17.1. The van der Waals surface area contributed by atoms with Crippen molar-refractivity contribution in [3.63, 3.8) is 0 Å². The van der Waals surface area contributed by atoms with Crippen molar-refractivity contribution < 1.29 is 10.0 Å². The highest BCUT2D eigenvalue weighted by molar-refractivity contribution is 5.90. The van der Waals surface area contributed by atoms with Crippen molar-refractivity contribution in [1.82, 2.24) is 15.4 Å². The Morgan fingerprint density at radius 3 is 2.50 bits per heavy atom. The number of benzene rings is 2. The number of carbonyl (C=O) groups is 1. The quantitative estimate of drug-likeness (QED) is 0.299. The molecule has 0 fully saturated rings. The minimum atomic E-state index is -0.537. The van der Waals surface area contributed by atoms with Gasteiger partial charge in [-0.15, -0.1) is 0 Å². The van der Waals surface area contributed by atoms with Gasteiger partial charge in [-0.25, -0.2) is 5.48 Å². The van der Waals surface area contributed by atoms with Gasteiger partial charge in [0.1, 0.15) is 0 Å². The molecule has 1 aromatic heterocycles. The predicted octanol–water partition coefficient (Wildman–Crippen LogP) is 4.84. The molecule has 30 heavy (non-hydrogen) atoms. The summed E-state index contributed by atoms with van der Waals surface area (Å²) in [6, 6.07) is 16.6. The van der Waals surface area contributed by atoms with Crippen LogP contribution in [0.2, 0.25) is 0 Å². The Morgan fingerprint density at radius 1 is 1.13 bits per heavy atom. The number of hydrogen-bond acceptors (Lipinski definition) is 3. The number of H-pyrrole nitrogens is 1. The van der Waals surface area contributed by atoms with Gasteiger partial charge in [0.15, 0.2) is 0 Å². The van der Waals surface area contributed by atoms with Crippen molar-refractivity contribution in [1.29, 1.82) is 0 Å². The van der Waals surface area contributed by atoms with Crippen molar-refractivity contribution >= 4 is 22.9 Å². The summed E-state index contributed by atoms with van der Waals surface area (Å²) in [5.74, 6) is -0.537. The number of amides is 1. The molecule has 0 bridgehead atoms. The van der Waals surface area contributed by atoms with E-state index in [9.17, 15) is 4.79 Å². The van der Waals surface area contributed by atoms with E-state index in [1.54, 1.807) is 11.6 Å². The second-order valence-electron chi connectivity index (χ2n) is 8.67. The Labute approximate surface area is 178 Å². The zero-order valence-corrected chi connectivity index (χ0v) is 18.2. The number of aromatic nitrogens is 1. The van der Waals surface area contributed by atoms with Gasteiger partial charge in [-0.1, -0.05) is 42.5 Å². The third kappa shape index (κ3) is 5.38. The molecule has 0 radical (unpaired) electrons. The maximum atomic E-state index is 11.1. The summed E-state index contributed by atoms with van der Waals surface area (Å²) in [6.45, 7) is 10.7. The fourth-order valence-corrected chi connectivity index (χ4v) is 3.72. The summed E-state index contributed by atoms with van der Waals surface area (Å²) >= 11 is 0. The lowest BCUT2D eigenvalue weighted by Gasteiger charge is -2.36. The van der Waals surface area contributed by atoms with Crippen molar-refractivity contribution in [2.45, 2.75) is 46.2 Å². The molecule has 0 unspecified atom stereocenters. The molecule has 5 nitrogen and oxygen atoms in total. The van der Waals surface area contributed by atoms with Gasteiger partial charge in [0.25, 0.3) is 5.91 Å². The minimum absolute atomic E-state index is 0.0395. The lowest BCUT2D eigenvalue weighted by Crippen LogP contribution is -2.42. The number of para-hydroxylation sites is 1. The van der Waals surface area contributed by atoms with E-state index in [-0.39, 0.29) is 5.54 Å². The normalized spacial score (nSPS) is 12.2. The van der Waals surface area contributed by atoms with Crippen LogP contribution in [0.5, 0.6) is 0 Å². The third-order valence-electron chi connectivity index (χ3n) is 5.50. The lowest BCUT2D eigenvalue weighted by molar-refractivity contribution is -0.124. The van der Waals surface area contributed by atoms with Crippen LogP contribution in [0.15, 0.2) is 54.6 Å². The molecular formula is C25H31N3O2. The van der Waals surface area contributed by atoms with Crippen molar-refractivity contribution in [2.75, 3.05) is 6.54 Å². The summed E-state index contributed by atoms with van der Waals surface area (Å²) in [6.07, 6.45) is 3.97. The van der Waals surface area contributed by atoms with Crippen LogP contribution < -0.4 is 5.48 Å². The second-order valence-corrected chi connectivity index (χ2v) is 8.67. The molecule has 3 N–H and O–H groups in total. The van der Waals surface area contributed by atoms with E-state index >= 15 is 0 Å². The van der Waals surface area contributed by atoms with Crippen LogP contribution >= 0.6 is 0 Å². The highest BCUT2D eigenvalue weighted by Crippen LogP contribution is 2.24. The Balaban J connectivity index is 1.71. The highest BCUT2D eigenvalue weighted by atomic mass is 16.5. The maximum Gasteiger partial charge on any atom is 0.267 e. The van der Waals surface area contributed by atoms with Gasteiger partial charge in [-0.3, -0.25) is 14.9 Å². The minimum Gasteiger partial charge on any atom is -0.358 e. The van der Waals surface area contributed by atoms with Gasteiger partial charge >= 0.3 is 0 Å². The molecule has 2 aromatic carbocycles. The largest absolute Gasteiger partial charge is 0.358 e. The number of nitrogens with zero attached hydrogens (tertiary/aromatic N) is 1. The first-order valence-corrected chi connectivity index (χ1v) is 10.3. The number of aromatic amines is 1. The van der Waals surface area contributed by atoms with E-state index in [0.717, 1.165) is 25.1 Å². The number of hydrogen-bond donors (Lipinski definition) is 3. The number of carbonyl (C=O) groups excluding carboxylic acids is 1. The smallest absolute Gasteiger partial charge is 0.267 e. The SMILES string of the molecule is Cc1[nH]c2ccccc2c1CCN(Cc1ccc(/C=C/C(=O)NO)cc1)C(C)(C)C. The van der Waals surface area contributed by atoms with E-state index in [1.807, 2.05) is 12.1 Å². The van der Waals surface area contributed by atoms with Gasteiger partial charge < -0.3 is 4.98 Å². The Hall–Kier alpha value is -2.89. The molecular weight excluding hydrogens is 374 g/mol. The molecule has 0 aliphatic carbocycles. The number of aryl methyl sites for hydroxylation is 1. The van der Waals surface area contributed by atoms with Crippen LogP contribution in [0, 0.1) is 6.92 Å². The zero-order chi connectivity index (χ0) is 21.7. The van der Waals surface area contributed by atoms with Gasteiger partial charge in [-0.05, 0) is 62.9 Å². The average Bonchev–Trinajstić information content (AvgIpc) is 3.04. The van der Waals surface area contributed by atoms with Crippen LogP contribution in [0.3, 0.4) is 0 Å². The molecule has 0 aliphatic heterocycles. The van der Waals surface area contributed by atoms with Crippen LogP contribution in [-0.4, -0.2) is 33.1 Å². The number of rotatable bonds is 7. The van der Waals surface area contributed by atoms with Gasteiger partial charge in [-0.2, -0.15) is 0 Å². The second kappa shape index (κ2) is 9.28. The van der Waals surface area contributed by atoms with Crippen LogP contribution in [0.25, 0.3) is 17.0 Å². The van der Waals surface area contributed by atoms with Gasteiger partial charge in [0.05, 0.1) is 0 Å². The predicted molar refractivity (Wildman–Crippen MR) is 122 cm³/mol. The van der Waals surface area contributed by atoms with Gasteiger partial charge in [0.2, 0.25) is 0 Å². The van der Waals surface area contributed by atoms with Gasteiger partial charge in [0, 0.05) is 41.3 Å². The first-order chi connectivity index (χ1) is 14.3. The Morgan fingerprint density at radius 2 is 1.83 bits per heavy atom. The fourth-order valence-electron chi connectivity index (χ4n) is 3.72. The molecule has 5 heteroatoms. The molecule has 3 aromatic rings. The lowest BCUT2D eigenvalue weighted by atomic mass is 10.0. The number of nitrogens with one attached hydrogen (secondary N) is 2. The highest BCUT2D eigenvalue weighted by Gasteiger charge is 2.22. The van der Waals surface area contributed by atoms with Crippen molar-refractivity contribution in [3.05, 3.63) is 77.0 Å². The van der Waals surface area contributed by atoms with E-state index in [0.29, 0.717) is 0 Å². The summed E-state index contributed by atoms with van der Waals surface area (Å²) in [5.41, 5.74) is 7.61. The molecule has 1 amide bonds. The number of fused-ring (bicyclic) bond motifs is 1. The molecule has 1 heterocycles. The molecule has 0 saturated carbocycles. The Kier molecular flexibility index (Phi) is 6.75. The fraction of sp³-hybridized carbons (Fsp3) is 0.320. The monoisotopic (exact) mass is 405 g/mol. The molecule has 3 rings (SSSR count). The van der Waals surface area contributed by atoms with E-state index in [4.69, 9.17) is 5.21 Å². The maximum absolute atomic E-state index is 11.1. The van der Waals surface area contributed by atoms with Crippen LogP contribution in [-0.2, 0) is 17.8 Å². The Bertz CT molecular complexity index is 1030. The summed E-state index contributed by atoms with van der Waals surface area (Å²) < 4.78 is 0. The van der Waals surface area contributed by atoms with Crippen LogP contribution in [0.1, 0.15) is 43.2 Å². The molecule has 158 valence electrons. The first-order valence-electron chi connectivity index (χ1n) is 10.3. The number of hydroxylamine groups is 1. The van der Waals surface area contributed by atoms with Crippen molar-refractivity contribution in [2.24, 2.45) is 0 Å². The summed E-state index contributed by atoms with van der Waals surface area (Å²) in [5, 5.41) is 9.88. The standard InChI is InChI=1S/C25H31N3O2/c1-18-21(22-7-5-6-8-23(22)26-18)15-16-28(25(2,3)4)17-20-11-9-19(10-12-20)13-14-24(29)27-30/h5-14,26,30H,15-17H2,1-4H3,(H,27,29)/b14-13+. The summed E-state index contributed by atoms with van der Waals surface area (Å²) in [7, 11) is 0. The topological polar surface area (TPSA) is 68.4 Å². The molecule has 0 saturated heterocycles. The first kappa shape index (κ1) is 21.8. The molecule has 0 aliphatic rings.